The number of halogens is 3. The fraction of sp³-hybridized carbons (Fsp3) is 0.143. The summed E-state index contributed by atoms with van der Waals surface area (Å²) < 4.78 is 46.1. The molecule has 0 saturated carbocycles. The molecule has 0 saturated heterocycles. The zero-order valence-electron chi connectivity index (χ0n) is 16.3. The van der Waals surface area contributed by atoms with Crippen molar-refractivity contribution >= 4 is 11.7 Å². The topological polar surface area (TPSA) is 81.9 Å². The molecular formula is C21H18F3N5O2. The van der Waals surface area contributed by atoms with Crippen LogP contribution in [-0.2, 0) is 12.7 Å². The van der Waals surface area contributed by atoms with E-state index in [1.807, 2.05) is 0 Å². The van der Waals surface area contributed by atoms with E-state index in [4.69, 9.17) is 4.74 Å². The summed E-state index contributed by atoms with van der Waals surface area (Å²) in [6.07, 6.45) is -0.00576. The molecule has 0 aliphatic heterocycles. The van der Waals surface area contributed by atoms with Crippen molar-refractivity contribution in [1.29, 1.82) is 0 Å². The molecule has 1 amide bonds. The van der Waals surface area contributed by atoms with Crippen molar-refractivity contribution < 1.29 is 22.7 Å². The number of hydrogen-bond donors (Lipinski definition) is 1. The molecule has 10 heteroatoms. The van der Waals surface area contributed by atoms with Crippen LogP contribution in [0.5, 0.6) is 5.75 Å². The highest BCUT2D eigenvalue weighted by atomic mass is 19.4. The Morgan fingerprint density at radius 1 is 1.19 bits per heavy atom. The van der Waals surface area contributed by atoms with Crippen LogP contribution in [0.2, 0.25) is 0 Å². The molecule has 3 aromatic rings. The minimum absolute atomic E-state index is 0.0612. The van der Waals surface area contributed by atoms with E-state index in [1.165, 1.54) is 12.4 Å². The number of alkyl halides is 3. The van der Waals surface area contributed by atoms with Gasteiger partial charge in [-0.1, -0.05) is 24.8 Å². The van der Waals surface area contributed by atoms with Gasteiger partial charge in [-0.3, -0.25) is 4.79 Å². The lowest BCUT2D eigenvalue weighted by atomic mass is 10.1. The van der Waals surface area contributed by atoms with Gasteiger partial charge in [-0.05, 0) is 30.3 Å². The maximum Gasteiger partial charge on any atom is 0.416 e. The molecule has 3 rings (SSSR count). The Morgan fingerprint density at radius 3 is 2.71 bits per heavy atom. The van der Waals surface area contributed by atoms with E-state index in [9.17, 15) is 18.0 Å². The van der Waals surface area contributed by atoms with Crippen LogP contribution in [0.15, 0.2) is 68.0 Å². The van der Waals surface area contributed by atoms with E-state index in [-0.39, 0.29) is 23.7 Å². The smallest absolute Gasteiger partial charge is 0.416 e. The molecule has 1 aromatic carbocycles. The van der Waals surface area contributed by atoms with Gasteiger partial charge in [-0.15, -0.1) is 16.8 Å². The van der Waals surface area contributed by atoms with Crippen molar-refractivity contribution in [1.82, 2.24) is 19.7 Å². The van der Waals surface area contributed by atoms with Gasteiger partial charge in [0.1, 0.15) is 30.2 Å². The van der Waals surface area contributed by atoms with Crippen LogP contribution in [0.25, 0.3) is 11.5 Å². The molecular weight excluding hydrogens is 411 g/mol. The van der Waals surface area contributed by atoms with Crippen LogP contribution in [-0.4, -0.2) is 32.3 Å². The largest absolute Gasteiger partial charge is 0.489 e. The van der Waals surface area contributed by atoms with Crippen LogP contribution in [0, 0.1) is 0 Å². The number of benzene rings is 1. The van der Waals surface area contributed by atoms with Gasteiger partial charge >= 0.3 is 6.18 Å². The van der Waals surface area contributed by atoms with Crippen molar-refractivity contribution in [3.63, 3.8) is 0 Å². The molecule has 0 spiro atoms. The zero-order valence-corrected chi connectivity index (χ0v) is 16.3. The van der Waals surface area contributed by atoms with Crippen molar-refractivity contribution in [2.45, 2.75) is 12.7 Å². The summed E-state index contributed by atoms with van der Waals surface area (Å²) in [5, 5.41) is 10.4. The Morgan fingerprint density at radius 2 is 2.00 bits per heavy atom. The summed E-state index contributed by atoms with van der Waals surface area (Å²) in [4.78, 5) is 17.1. The molecule has 0 aliphatic rings. The number of nitrogens with zero attached hydrogens (tertiary/aromatic N) is 4. The third kappa shape index (κ3) is 5.16. The summed E-state index contributed by atoms with van der Waals surface area (Å²) in [5.41, 5.74) is -0.547. The Labute approximate surface area is 175 Å². The molecule has 0 fully saturated rings. The van der Waals surface area contributed by atoms with Gasteiger partial charge in [0.05, 0.1) is 11.1 Å². The van der Waals surface area contributed by atoms with Crippen LogP contribution >= 0.6 is 0 Å². The molecule has 0 bridgehead atoms. The third-order valence-corrected chi connectivity index (χ3v) is 4.07. The second-order valence-corrected chi connectivity index (χ2v) is 6.27. The highest BCUT2D eigenvalue weighted by Gasteiger charge is 2.32. The maximum atomic E-state index is 13.0. The molecule has 160 valence electrons. The van der Waals surface area contributed by atoms with E-state index < -0.39 is 17.6 Å². The minimum Gasteiger partial charge on any atom is -0.489 e. The molecule has 0 radical (unpaired) electrons. The Kier molecular flexibility index (Phi) is 6.49. The first-order chi connectivity index (χ1) is 14.8. The predicted molar refractivity (Wildman–Crippen MR) is 109 cm³/mol. The van der Waals surface area contributed by atoms with E-state index in [1.54, 1.807) is 28.8 Å². The van der Waals surface area contributed by atoms with Crippen molar-refractivity contribution in [2.24, 2.45) is 0 Å². The quantitative estimate of drug-likeness (QED) is 0.538. The van der Waals surface area contributed by atoms with Crippen LogP contribution in [0.1, 0.15) is 15.9 Å². The normalized spacial score (nSPS) is 11.1. The summed E-state index contributed by atoms with van der Waals surface area (Å²) in [6.45, 7) is 7.54. The molecule has 2 aromatic heterocycles. The fourth-order valence-electron chi connectivity index (χ4n) is 2.69. The van der Waals surface area contributed by atoms with E-state index in [0.717, 1.165) is 18.2 Å². The van der Waals surface area contributed by atoms with E-state index in [0.29, 0.717) is 18.1 Å². The van der Waals surface area contributed by atoms with Gasteiger partial charge in [0.2, 0.25) is 0 Å². The molecule has 7 nitrogen and oxygen atoms in total. The monoisotopic (exact) mass is 429 g/mol. The number of rotatable bonds is 8. The van der Waals surface area contributed by atoms with Gasteiger partial charge < -0.3 is 14.6 Å². The Bertz CT molecular complexity index is 1110. The van der Waals surface area contributed by atoms with Crippen LogP contribution in [0.4, 0.5) is 19.0 Å². The highest BCUT2D eigenvalue weighted by Crippen LogP contribution is 2.33. The number of hydrogen-bond acceptors (Lipinski definition) is 5. The van der Waals surface area contributed by atoms with Gasteiger partial charge in [0.15, 0.2) is 5.82 Å². The standard InChI is InChI=1S/C21H18F3N5O2/c1-3-10-29-13-25-28-19(29)16-6-5-7-18(26-16)27-20(30)15-9-8-14(21(22,23)24)12-17(15)31-11-4-2/h3-9,12-13H,1-2,10-11H2,(H,26,27,30). The molecule has 1 N–H and O–H groups in total. The number of carbonyl (C=O) groups is 1. The lowest BCUT2D eigenvalue weighted by Gasteiger charge is -2.14. The molecule has 0 atom stereocenters. The summed E-state index contributed by atoms with van der Waals surface area (Å²) in [7, 11) is 0. The number of allylic oxidation sites excluding steroid dienone is 1. The summed E-state index contributed by atoms with van der Waals surface area (Å²) in [6, 6.07) is 7.55. The molecule has 0 aliphatic carbocycles. The number of ether oxygens (including phenoxy) is 1. The number of nitrogens with one attached hydrogen (secondary N) is 1. The first kappa shape index (κ1) is 21.8. The first-order valence-electron chi connectivity index (χ1n) is 9.06. The number of carbonyl (C=O) groups excluding carboxylic acids is 1. The number of aromatic nitrogens is 4. The van der Waals surface area contributed by atoms with Crippen molar-refractivity contribution in [3.05, 3.63) is 79.2 Å². The van der Waals surface area contributed by atoms with Crippen LogP contribution < -0.4 is 10.1 Å². The van der Waals surface area contributed by atoms with Crippen LogP contribution in [0.3, 0.4) is 0 Å². The Balaban J connectivity index is 1.88. The molecule has 31 heavy (non-hydrogen) atoms. The number of pyridine rings is 1. The lowest BCUT2D eigenvalue weighted by molar-refractivity contribution is -0.137. The first-order valence-corrected chi connectivity index (χ1v) is 9.06. The average Bonchev–Trinajstić information content (AvgIpc) is 3.20. The van der Waals surface area contributed by atoms with E-state index in [2.05, 4.69) is 33.7 Å². The van der Waals surface area contributed by atoms with Gasteiger partial charge in [0.25, 0.3) is 5.91 Å². The van der Waals surface area contributed by atoms with Crippen molar-refractivity contribution in [2.75, 3.05) is 11.9 Å². The highest BCUT2D eigenvalue weighted by molar-refractivity contribution is 6.05. The van der Waals surface area contributed by atoms with Gasteiger partial charge in [0, 0.05) is 6.54 Å². The number of amides is 1. The van der Waals surface area contributed by atoms with Crippen molar-refractivity contribution in [3.8, 4) is 17.3 Å². The lowest BCUT2D eigenvalue weighted by Crippen LogP contribution is -2.16. The molecule has 0 unspecified atom stereocenters. The maximum absolute atomic E-state index is 13.0. The summed E-state index contributed by atoms with van der Waals surface area (Å²) in [5.74, 6) is -0.232. The van der Waals surface area contributed by atoms with Gasteiger partial charge in [-0.2, -0.15) is 13.2 Å². The third-order valence-electron chi connectivity index (χ3n) is 4.07. The minimum atomic E-state index is -4.57. The zero-order chi connectivity index (χ0) is 22.4. The average molecular weight is 429 g/mol. The summed E-state index contributed by atoms with van der Waals surface area (Å²) >= 11 is 0. The van der Waals surface area contributed by atoms with Gasteiger partial charge in [-0.25, -0.2) is 4.98 Å². The van der Waals surface area contributed by atoms with E-state index >= 15 is 0 Å². The SMILES string of the molecule is C=CCOc1cc(C(F)(F)F)ccc1C(=O)Nc1cccc(-c2nncn2CC=C)n1. The second-order valence-electron chi connectivity index (χ2n) is 6.27. The Hall–Kier alpha value is -3.95. The fourth-order valence-corrected chi connectivity index (χ4v) is 2.69. The predicted octanol–water partition coefficient (Wildman–Crippen LogP) is 4.36. The second kappa shape index (κ2) is 9.24. The molecule has 2 heterocycles. The number of anilines is 1.